The van der Waals surface area contributed by atoms with Crippen LogP contribution in [0, 0.1) is 25.7 Å². The van der Waals surface area contributed by atoms with Gasteiger partial charge in [0.15, 0.2) is 5.65 Å². The fourth-order valence-corrected chi connectivity index (χ4v) is 6.74. The fourth-order valence-electron chi connectivity index (χ4n) is 6.74. The van der Waals surface area contributed by atoms with Crippen LogP contribution in [0.15, 0.2) is 12.3 Å². The van der Waals surface area contributed by atoms with Gasteiger partial charge in [-0.2, -0.15) is 10.2 Å². The van der Waals surface area contributed by atoms with Crippen molar-refractivity contribution in [3.05, 3.63) is 34.9 Å². The molecule has 7 heteroatoms. The molecule has 170 valence electrons. The molecule has 0 spiro atoms. The minimum absolute atomic E-state index is 0.125. The molecule has 2 aliphatic carbocycles. The van der Waals surface area contributed by atoms with Gasteiger partial charge >= 0.3 is 0 Å². The SMILES string of the molecule is Cc1cc(N2CCc3c(c(C)nn3CC3CCC4(N)CCCC3C4)C2)c2cnn(C)c2n1. The minimum atomic E-state index is 0.125. The lowest BCUT2D eigenvalue weighted by Gasteiger charge is -2.46. The van der Waals surface area contributed by atoms with E-state index in [2.05, 4.69) is 34.6 Å². The molecule has 32 heavy (non-hydrogen) atoms. The van der Waals surface area contributed by atoms with Gasteiger partial charge in [-0.1, -0.05) is 6.42 Å². The van der Waals surface area contributed by atoms with Gasteiger partial charge in [-0.25, -0.2) is 4.98 Å². The Morgan fingerprint density at radius 2 is 2.09 bits per heavy atom. The molecule has 3 unspecified atom stereocenters. The molecule has 3 aromatic rings. The van der Waals surface area contributed by atoms with E-state index in [1.165, 1.54) is 61.2 Å². The van der Waals surface area contributed by atoms with Gasteiger partial charge in [-0.3, -0.25) is 9.36 Å². The molecule has 3 aromatic heterocycles. The number of fused-ring (bicyclic) bond motifs is 4. The zero-order chi connectivity index (χ0) is 22.0. The maximum absolute atomic E-state index is 6.65. The number of hydrogen-bond donors (Lipinski definition) is 1. The van der Waals surface area contributed by atoms with Gasteiger partial charge in [-0.05, 0) is 63.9 Å². The van der Waals surface area contributed by atoms with Crippen LogP contribution in [0.5, 0.6) is 0 Å². The summed E-state index contributed by atoms with van der Waals surface area (Å²) < 4.78 is 4.23. The normalized spacial score (nSPS) is 27.7. The first-order valence-electron chi connectivity index (χ1n) is 12.3. The number of pyridine rings is 1. The van der Waals surface area contributed by atoms with Gasteiger partial charge in [0, 0.05) is 55.6 Å². The summed E-state index contributed by atoms with van der Waals surface area (Å²) in [6.45, 7) is 7.24. The molecule has 0 radical (unpaired) electrons. The van der Waals surface area contributed by atoms with Crippen LogP contribution >= 0.6 is 0 Å². The van der Waals surface area contributed by atoms with Crippen molar-refractivity contribution < 1.29 is 0 Å². The molecule has 2 bridgehead atoms. The van der Waals surface area contributed by atoms with E-state index in [0.29, 0.717) is 0 Å². The van der Waals surface area contributed by atoms with Crippen LogP contribution < -0.4 is 10.6 Å². The molecule has 1 aliphatic heterocycles. The summed E-state index contributed by atoms with van der Waals surface area (Å²) in [6.07, 6.45) is 10.5. The van der Waals surface area contributed by atoms with E-state index in [1.54, 1.807) is 0 Å². The molecular weight excluding hydrogens is 398 g/mol. The Morgan fingerprint density at radius 3 is 2.97 bits per heavy atom. The van der Waals surface area contributed by atoms with Gasteiger partial charge in [0.2, 0.25) is 0 Å². The van der Waals surface area contributed by atoms with Crippen LogP contribution in [-0.4, -0.2) is 36.6 Å². The van der Waals surface area contributed by atoms with Crippen molar-refractivity contribution in [2.45, 2.75) is 77.4 Å². The van der Waals surface area contributed by atoms with E-state index >= 15 is 0 Å². The zero-order valence-corrected chi connectivity index (χ0v) is 19.6. The van der Waals surface area contributed by atoms with Gasteiger partial charge in [0.05, 0.1) is 23.0 Å². The van der Waals surface area contributed by atoms with Crippen molar-refractivity contribution in [3.63, 3.8) is 0 Å². The van der Waals surface area contributed by atoms with E-state index in [0.717, 1.165) is 54.6 Å². The van der Waals surface area contributed by atoms with E-state index < -0.39 is 0 Å². The van der Waals surface area contributed by atoms with Crippen LogP contribution in [0.25, 0.3) is 11.0 Å². The average Bonchev–Trinajstić information content (AvgIpc) is 3.29. The predicted octanol–water partition coefficient (Wildman–Crippen LogP) is 3.64. The van der Waals surface area contributed by atoms with Crippen LogP contribution in [0.1, 0.15) is 61.2 Å². The molecule has 2 fully saturated rings. The minimum Gasteiger partial charge on any atom is -0.366 e. The smallest absolute Gasteiger partial charge is 0.159 e. The Kier molecular flexibility index (Phi) is 4.61. The quantitative estimate of drug-likeness (QED) is 0.682. The molecule has 0 saturated heterocycles. The molecule has 6 rings (SSSR count). The Morgan fingerprint density at radius 1 is 1.22 bits per heavy atom. The lowest BCUT2D eigenvalue weighted by Crippen LogP contribution is -2.50. The lowest BCUT2D eigenvalue weighted by atomic mass is 9.63. The van der Waals surface area contributed by atoms with Gasteiger partial charge < -0.3 is 10.6 Å². The zero-order valence-electron chi connectivity index (χ0n) is 19.6. The Bertz CT molecular complexity index is 1170. The molecule has 3 aliphatic rings. The third-order valence-corrected chi connectivity index (χ3v) is 8.49. The molecule has 0 amide bonds. The molecule has 2 N–H and O–H groups in total. The van der Waals surface area contributed by atoms with Crippen molar-refractivity contribution in [3.8, 4) is 0 Å². The first kappa shape index (κ1) is 20.2. The Labute approximate surface area is 190 Å². The fraction of sp³-hybridized carbons (Fsp3) is 0.640. The monoisotopic (exact) mass is 433 g/mol. The summed E-state index contributed by atoms with van der Waals surface area (Å²) in [5, 5.41) is 10.6. The predicted molar refractivity (Wildman–Crippen MR) is 127 cm³/mol. The van der Waals surface area contributed by atoms with Crippen LogP contribution in [-0.2, 0) is 26.6 Å². The van der Waals surface area contributed by atoms with Crippen LogP contribution in [0.3, 0.4) is 0 Å². The number of aryl methyl sites for hydroxylation is 3. The number of anilines is 1. The number of hydrogen-bond acceptors (Lipinski definition) is 5. The van der Waals surface area contributed by atoms with Crippen molar-refractivity contribution in [1.82, 2.24) is 24.5 Å². The van der Waals surface area contributed by atoms with Gasteiger partial charge in [-0.15, -0.1) is 0 Å². The Hall–Kier alpha value is -2.41. The summed E-state index contributed by atoms with van der Waals surface area (Å²) in [6, 6.07) is 2.21. The summed E-state index contributed by atoms with van der Waals surface area (Å²) in [5.74, 6) is 1.51. The Balaban J connectivity index is 1.26. The molecule has 0 aromatic carbocycles. The number of rotatable bonds is 3. The summed E-state index contributed by atoms with van der Waals surface area (Å²) in [4.78, 5) is 7.19. The second kappa shape index (κ2) is 7.30. The largest absolute Gasteiger partial charge is 0.366 e. The van der Waals surface area contributed by atoms with Crippen molar-refractivity contribution >= 4 is 16.7 Å². The lowest BCUT2D eigenvalue weighted by molar-refractivity contribution is 0.0836. The van der Waals surface area contributed by atoms with E-state index in [1.807, 2.05) is 17.9 Å². The molecule has 7 nitrogen and oxygen atoms in total. The molecular formula is C25H35N7. The highest BCUT2D eigenvalue weighted by molar-refractivity contribution is 5.89. The maximum Gasteiger partial charge on any atom is 0.159 e. The standard InChI is InChI=1S/C25H35N7/c1-16-11-23(20-13-27-30(3)24(20)28-16)31-10-7-22-21(15-31)17(2)29-32(22)14-19-6-9-25(26)8-4-5-18(19)12-25/h11,13,18-19H,4-10,12,14-15,26H2,1-3H3. The summed E-state index contributed by atoms with van der Waals surface area (Å²) >= 11 is 0. The molecule has 2 saturated carbocycles. The van der Waals surface area contributed by atoms with E-state index in [4.69, 9.17) is 15.8 Å². The number of nitrogens with two attached hydrogens (primary N) is 1. The number of aromatic nitrogens is 5. The van der Waals surface area contributed by atoms with Crippen molar-refractivity contribution in [1.29, 1.82) is 0 Å². The highest BCUT2D eigenvalue weighted by atomic mass is 15.3. The van der Waals surface area contributed by atoms with Crippen molar-refractivity contribution in [2.24, 2.45) is 24.6 Å². The molecule has 4 heterocycles. The highest BCUT2D eigenvalue weighted by Crippen LogP contribution is 2.45. The third kappa shape index (κ3) is 3.24. The first-order chi connectivity index (χ1) is 15.4. The van der Waals surface area contributed by atoms with Crippen LogP contribution in [0.2, 0.25) is 0 Å². The van der Waals surface area contributed by atoms with Gasteiger partial charge in [0.1, 0.15) is 0 Å². The van der Waals surface area contributed by atoms with E-state index in [9.17, 15) is 0 Å². The van der Waals surface area contributed by atoms with E-state index in [-0.39, 0.29) is 5.54 Å². The number of nitrogens with zero attached hydrogens (tertiary/aromatic N) is 6. The second-order valence-electron chi connectivity index (χ2n) is 10.7. The highest BCUT2D eigenvalue weighted by Gasteiger charge is 2.41. The third-order valence-electron chi connectivity index (χ3n) is 8.49. The first-order valence-corrected chi connectivity index (χ1v) is 12.3. The van der Waals surface area contributed by atoms with Gasteiger partial charge in [0.25, 0.3) is 0 Å². The average molecular weight is 434 g/mol. The second-order valence-corrected chi connectivity index (χ2v) is 10.7. The maximum atomic E-state index is 6.65. The topological polar surface area (TPSA) is 77.8 Å². The van der Waals surface area contributed by atoms with Crippen LogP contribution in [0.4, 0.5) is 5.69 Å². The molecule has 3 atom stereocenters. The summed E-state index contributed by atoms with van der Waals surface area (Å²) in [5.41, 5.74) is 14.1. The van der Waals surface area contributed by atoms with Crippen molar-refractivity contribution in [2.75, 3.05) is 11.4 Å². The summed E-state index contributed by atoms with van der Waals surface area (Å²) in [7, 11) is 1.97.